The summed E-state index contributed by atoms with van der Waals surface area (Å²) >= 11 is 5.89. The number of rotatable bonds is 1. The summed E-state index contributed by atoms with van der Waals surface area (Å²) in [6.45, 7) is 4.37. The van der Waals surface area contributed by atoms with E-state index in [4.69, 9.17) is 11.6 Å². The van der Waals surface area contributed by atoms with Crippen LogP contribution in [0, 0.1) is 0 Å². The molecule has 2 rings (SSSR count). The van der Waals surface area contributed by atoms with Gasteiger partial charge in [0.2, 0.25) is 0 Å². The predicted molar refractivity (Wildman–Crippen MR) is 61.6 cm³/mol. The van der Waals surface area contributed by atoms with Gasteiger partial charge in [0.25, 0.3) is 0 Å². The molecule has 2 heteroatoms. The maximum Gasteiger partial charge on any atom is 0.0649 e. The minimum absolute atomic E-state index is 0.346. The third-order valence-corrected chi connectivity index (χ3v) is 3.23. The van der Waals surface area contributed by atoms with Crippen molar-refractivity contribution in [3.05, 3.63) is 35.4 Å². The first-order chi connectivity index (χ1) is 6.74. The van der Waals surface area contributed by atoms with E-state index in [0.717, 1.165) is 5.71 Å². The fraction of sp³-hybridized carbons (Fsp3) is 0.417. The third kappa shape index (κ3) is 1.46. The van der Waals surface area contributed by atoms with E-state index in [-0.39, 0.29) is 0 Å². The SMILES string of the molecule is CC1N=C(CCl)c2ccccc2C1C. The number of halogens is 1. The second kappa shape index (κ2) is 3.74. The molecule has 14 heavy (non-hydrogen) atoms. The normalized spacial score (nSPS) is 25.5. The van der Waals surface area contributed by atoms with Gasteiger partial charge in [-0.3, -0.25) is 4.99 Å². The number of hydrogen-bond acceptors (Lipinski definition) is 1. The minimum atomic E-state index is 0.346. The summed E-state index contributed by atoms with van der Waals surface area (Å²) in [4.78, 5) is 4.61. The Kier molecular flexibility index (Phi) is 2.60. The lowest BCUT2D eigenvalue weighted by Gasteiger charge is -2.26. The molecule has 74 valence electrons. The van der Waals surface area contributed by atoms with E-state index in [1.54, 1.807) is 0 Å². The molecule has 0 amide bonds. The fourth-order valence-electron chi connectivity index (χ4n) is 1.95. The van der Waals surface area contributed by atoms with E-state index >= 15 is 0 Å². The van der Waals surface area contributed by atoms with Gasteiger partial charge in [0.15, 0.2) is 0 Å². The molecule has 0 aliphatic carbocycles. The molecular weight excluding hydrogens is 194 g/mol. The molecule has 2 unspecified atom stereocenters. The van der Waals surface area contributed by atoms with Gasteiger partial charge in [-0.15, -0.1) is 11.6 Å². The van der Waals surface area contributed by atoms with Crippen LogP contribution in [0.25, 0.3) is 0 Å². The van der Waals surface area contributed by atoms with Gasteiger partial charge in [0.05, 0.1) is 17.6 Å². The van der Waals surface area contributed by atoms with Crippen LogP contribution in [-0.2, 0) is 0 Å². The van der Waals surface area contributed by atoms with Gasteiger partial charge in [-0.1, -0.05) is 31.2 Å². The Balaban J connectivity index is 2.55. The zero-order valence-corrected chi connectivity index (χ0v) is 9.25. The Morgan fingerprint density at radius 2 is 2.00 bits per heavy atom. The van der Waals surface area contributed by atoms with Crippen molar-refractivity contribution in [2.24, 2.45) is 4.99 Å². The highest BCUT2D eigenvalue weighted by Gasteiger charge is 2.23. The van der Waals surface area contributed by atoms with Crippen molar-refractivity contribution in [2.45, 2.75) is 25.8 Å². The average Bonchev–Trinajstić information content (AvgIpc) is 2.23. The molecule has 1 aromatic carbocycles. The number of nitrogens with zero attached hydrogens (tertiary/aromatic N) is 1. The van der Waals surface area contributed by atoms with Crippen LogP contribution in [0.3, 0.4) is 0 Å². The molecule has 0 spiro atoms. The van der Waals surface area contributed by atoms with Crippen LogP contribution in [0.15, 0.2) is 29.3 Å². The Labute approximate surface area is 89.8 Å². The highest BCUT2D eigenvalue weighted by atomic mass is 35.5. The molecule has 0 fully saturated rings. The Morgan fingerprint density at radius 3 is 2.71 bits per heavy atom. The first-order valence-corrected chi connectivity index (χ1v) is 5.49. The van der Waals surface area contributed by atoms with Gasteiger partial charge in [0, 0.05) is 11.5 Å². The van der Waals surface area contributed by atoms with Gasteiger partial charge >= 0.3 is 0 Å². The summed E-state index contributed by atoms with van der Waals surface area (Å²) in [6, 6.07) is 8.76. The van der Waals surface area contributed by atoms with Gasteiger partial charge in [0.1, 0.15) is 0 Å². The lowest BCUT2D eigenvalue weighted by Crippen LogP contribution is -2.23. The lowest BCUT2D eigenvalue weighted by atomic mass is 9.86. The average molecular weight is 208 g/mol. The standard InChI is InChI=1S/C12H14ClN/c1-8-9(2)14-12(7-13)11-6-4-3-5-10(8)11/h3-6,8-9H,7H2,1-2H3. The van der Waals surface area contributed by atoms with Crippen LogP contribution in [-0.4, -0.2) is 17.6 Å². The maximum atomic E-state index is 5.89. The number of aliphatic imine (C=N–C) groups is 1. The number of alkyl halides is 1. The highest BCUT2D eigenvalue weighted by Crippen LogP contribution is 2.30. The topological polar surface area (TPSA) is 12.4 Å². The van der Waals surface area contributed by atoms with Crippen molar-refractivity contribution in [1.29, 1.82) is 0 Å². The van der Waals surface area contributed by atoms with E-state index in [1.807, 2.05) is 6.07 Å². The zero-order valence-electron chi connectivity index (χ0n) is 8.50. The van der Waals surface area contributed by atoms with E-state index in [9.17, 15) is 0 Å². The molecule has 0 bridgehead atoms. The Bertz CT molecular complexity index is 370. The molecular formula is C12H14ClN. The molecule has 0 radical (unpaired) electrons. The van der Waals surface area contributed by atoms with Crippen molar-refractivity contribution in [3.63, 3.8) is 0 Å². The summed E-state index contributed by atoms with van der Waals surface area (Å²) in [5.74, 6) is 1.01. The molecule has 1 aliphatic rings. The Morgan fingerprint density at radius 1 is 1.29 bits per heavy atom. The van der Waals surface area contributed by atoms with Crippen molar-refractivity contribution in [1.82, 2.24) is 0 Å². The molecule has 1 heterocycles. The first kappa shape index (κ1) is 9.72. The van der Waals surface area contributed by atoms with E-state index < -0.39 is 0 Å². The number of fused-ring (bicyclic) bond motifs is 1. The predicted octanol–water partition coefficient (Wildman–Crippen LogP) is 3.22. The van der Waals surface area contributed by atoms with E-state index in [0.29, 0.717) is 17.8 Å². The highest BCUT2D eigenvalue weighted by molar-refractivity contribution is 6.32. The molecule has 1 aromatic rings. The molecule has 1 nitrogen and oxygen atoms in total. The number of hydrogen-bond donors (Lipinski definition) is 0. The quantitative estimate of drug-likeness (QED) is 0.627. The summed E-state index contributed by atoms with van der Waals surface area (Å²) in [5, 5.41) is 0. The summed E-state index contributed by atoms with van der Waals surface area (Å²) in [5.41, 5.74) is 3.65. The van der Waals surface area contributed by atoms with Crippen LogP contribution in [0.4, 0.5) is 0 Å². The second-order valence-electron chi connectivity index (χ2n) is 3.83. The second-order valence-corrected chi connectivity index (χ2v) is 4.09. The van der Waals surface area contributed by atoms with Crippen LogP contribution in [0.5, 0.6) is 0 Å². The summed E-state index contributed by atoms with van der Waals surface area (Å²) in [7, 11) is 0. The monoisotopic (exact) mass is 207 g/mol. The van der Waals surface area contributed by atoms with Crippen molar-refractivity contribution in [3.8, 4) is 0 Å². The van der Waals surface area contributed by atoms with Crippen LogP contribution >= 0.6 is 11.6 Å². The van der Waals surface area contributed by atoms with Gasteiger partial charge in [-0.2, -0.15) is 0 Å². The van der Waals surface area contributed by atoms with Crippen molar-refractivity contribution >= 4 is 17.3 Å². The minimum Gasteiger partial charge on any atom is -0.284 e. The van der Waals surface area contributed by atoms with E-state index in [2.05, 4.69) is 37.0 Å². The zero-order chi connectivity index (χ0) is 10.1. The van der Waals surface area contributed by atoms with E-state index in [1.165, 1.54) is 11.1 Å². The van der Waals surface area contributed by atoms with Gasteiger partial charge in [-0.05, 0) is 12.5 Å². The van der Waals surface area contributed by atoms with Crippen LogP contribution < -0.4 is 0 Å². The summed E-state index contributed by atoms with van der Waals surface area (Å²) in [6.07, 6.45) is 0. The van der Waals surface area contributed by atoms with Crippen LogP contribution in [0.1, 0.15) is 30.9 Å². The molecule has 0 N–H and O–H groups in total. The molecule has 0 aromatic heterocycles. The van der Waals surface area contributed by atoms with Gasteiger partial charge < -0.3 is 0 Å². The first-order valence-electron chi connectivity index (χ1n) is 4.96. The Hall–Kier alpha value is -0.820. The van der Waals surface area contributed by atoms with Gasteiger partial charge in [-0.25, -0.2) is 0 Å². The molecule has 1 aliphatic heterocycles. The summed E-state index contributed by atoms with van der Waals surface area (Å²) < 4.78 is 0. The smallest absolute Gasteiger partial charge is 0.0649 e. The van der Waals surface area contributed by atoms with Crippen molar-refractivity contribution in [2.75, 3.05) is 5.88 Å². The largest absolute Gasteiger partial charge is 0.284 e. The maximum absolute atomic E-state index is 5.89. The fourth-order valence-corrected chi connectivity index (χ4v) is 2.16. The molecule has 0 saturated carbocycles. The third-order valence-electron chi connectivity index (χ3n) is 2.97. The molecule has 2 atom stereocenters. The van der Waals surface area contributed by atoms with Crippen molar-refractivity contribution < 1.29 is 0 Å². The lowest BCUT2D eigenvalue weighted by molar-refractivity contribution is 0.605. The number of benzene rings is 1. The van der Waals surface area contributed by atoms with Crippen LogP contribution in [0.2, 0.25) is 0 Å². The molecule has 0 saturated heterocycles.